The number of aliphatic hydroxyl groups excluding tert-OH is 1. The summed E-state index contributed by atoms with van der Waals surface area (Å²) < 4.78 is 6.01. The van der Waals surface area contributed by atoms with Gasteiger partial charge in [-0.2, -0.15) is 0 Å². The van der Waals surface area contributed by atoms with Gasteiger partial charge in [-0.05, 0) is 25.0 Å². The van der Waals surface area contributed by atoms with Crippen LogP contribution in [0.5, 0.6) is 5.75 Å². The molecule has 1 aliphatic rings. The zero-order valence-corrected chi connectivity index (χ0v) is 15.0. The van der Waals surface area contributed by atoms with E-state index in [0.29, 0.717) is 32.7 Å². The predicted octanol–water partition coefficient (Wildman–Crippen LogP) is 2.84. The van der Waals surface area contributed by atoms with Crippen molar-refractivity contribution in [3.05, 3.63) is 65.2 Å². The number of aliphatic carboxylic acids is 1. The number of aryl methyl sites for hydroxylation is 1. The van der Waals surface area contributed by atoms with Crippen LogP contribution in [-0.2, 0) is 17.9 Å². The van der Waals surface area contributed by atoms with Crippen molar-refractivity contribution in [2.45, 2.75) is 32.6 Å². The molecule has 0 saturated carbocycles. The third-order valence-electron chi connectivity index (χ3n) is 4.86. The molecule has 2 aromatic carbocycles. The van der Waals surface area contributed by atoms with Crippen LogP contribution in [0.3, 0.4) is 0 Å². The number of hydrogen-bond acceptors (Lipinski definition) is 4. The van der Waals surface area contributed by atoms with E-state index in [2.05, 4.69) is 36.1 Å². The molecular formula is C21H25NO4. The van der Waals surface area contributed by atoms with Crippen molar-refractivity contribution in [1.82, 2.24) is 4.90 Å². The average Bonchev–Trinajstić information content (AvgIpc) is 2.63. The van der Waals surface area contributed by atoms with E-state index in [1.54, 1.807) is 0 Å². The van der Waals surface area contributed by atoms with E-state index < -0.39 is 18.0 Å². The van der Waals surface area contributed by atoms with Gasteiger partial charge in [-0.25, -0.2) is 0 Å². The van der Waals surface area contributed by atoms with Gasteiger partial charge in [-0.1, -0.05) is 48.0 Å². The van der Waals surface area contributed by atoms with Gasteiger partial charge in [0.2, 0.25) is 0 Å². The summed E-state index contributed by atoms with van der Waals surface area (Å²) in [6.07, 6.45) is -0.291. The van der Waals surface area contributed by atoms with E-state index >= 15 is 0 Å². The van der Waals surface area contributed by atoms with Gasteiger partial charge in [0.1, 0.15) is 12.4 Å². The number of piperidine rings is 1. The summed E-state index contributed by atoms with van der Waals surface area (Å²) in [5.41, 5.74) is 3.35. The van der Waals surface area contributed by atoms with Crippen molar-refractivity contribution in [2.24, 2.45) is 5.92 Å². The Balaban J connectivity index is 1.65. The molecule has 1 heterocycles. The molecule has 0 bridgehead atoms. The number of hydrogen-bond donors (Lipinski definition) is 2. The van der Waals surface area contributed by atoms with Gasteiger partial charge in [0.25, 0.3) is 0 Å². The summed E-state index contributed by atoms with van der Waals surface area (Å²) in [5.74, 6) is -0.860. The second-order valence-corrected chi connectivity index (χ2v) is 6.92. The van der Waals surface area contributed by atoms with Crippen molar-refractivity contribution in [3.8, 4) is 5.75 Å². The minimum absolute atomic E-state index is 0.350. The van der Waals surface area contributed by atoms with Crippen LogP contribution in [0.1, 0.15) is 23.1 Å². The zero-order valence-electron chi connectivity index (χ0n) is 15.0. The molecule has 5 heteroatoms. The van der Waals surface area contributed by atoms with Gasteiger partial charge in [-0.15, -0.1) is 0 Å². The lowest BCUT2D eigenvalue weighted by molar-refractivity contribution is -0.149. The van der Waals surface area contributed by atoms with Gasteiger partial charge in [0.05, 0.1) is 12.0 Å². The van der Waals surface area contributed by atoms with Gasteiger partial charge in [0.15, 0.2) is 0 Å². The molecule has 26 heavy (non-hydrogen) atoms. The highest BCUT2D eigenvalue weighted by Gasteiger charge is 2.33. The number of nitrogens with zero attached hydrogens (tertiary/aromatic N) is 1. The number of carbonyl (C=O) groups is 1. The smallest absolute Gasteiger partial charge is 0.310 e. The summed E-state index contributed by atoms with van der Waals surface area (Å²) in [6, 6.07) is 16.1. The highest BCUT2D eigenvalue weighted by Crippen LogP contribution is 2.25. The summed E-state index contributed by atoms with van der Waals surface area (Å²) in [4.78, 5) is 13.4. The molecule has 0 unspecified atom stereocenters. The number of ether oxygens (including phenoxy) is 1. The maximum absolute atomic E-state index is 11.3. The molecule has 3 rings (SSSR count). The number of benzene rings is 2. The van der Waals surface area contributed by atoms with Crippen molar-refractivity contribution in [3.63, 3.8) is 0 Å². The topological polar surface area (TPSA) is 70.0 Å². The fourth-order valence-electron chi connectivity index (χ4n) is 3.25. The average molecular weight is 355 g/mol. The largest absolute Gasteiger partial charge is 0.489 e. The van der Waals surface area contributed by atoms with E-state index in [-0.39, 0.29) is 0 Å². The first-order chi connectivity index (χ1) is 12.5. The van der Waals surface area contributed by atoms with E-state index in [4.69, 9.17) is 4.74 Å². The first-order valence-corrected chi connectivity index (χ1v) is 8.92. The Bertz CT molecular complexity index is 744. The third-order valence-corrected chi connectivity index (χ3v) is 4.86. The Morgan fingerprint density at radius 3 is 2.65 bits per heavy atom. The molecule has 5 nitrogen and oxygen atoms in total. The lowest BCUT2D eigenvalue weighted by Crippen LogP contribution is -2.46. The summed E-state index contributed by atoms with van der Waals surface area (Å²) in [7, 11) is 0. The molecule has 1 aliphatic heterocycles. The Kier molecular flexibility index (Phi) is 5.91. The van der Waals surface area contributed by atoms with Crippen molar-refractivity contribution < 1.29 is 19.7 Å². The first kappa shape index (κ1) is 18.4. The van der Waals surface area contributed by atoms with Crippen molar-refractivity contribution in [2.75, 3.05) is 13.1 Å². The standard InChI is InChI=1S/C21H25NO4/c1-15-6-8-16(9-7-15)14-26-20-5-3-2-4-17(20)12-22-11-10-19(23)18(13-22)21(24)25/h2-9,18-19,23H,10-14H2,1H3,(H,24,25)/t18-,19-/m0/s1. The predicted molar refractivity (Wildman–Crippen MR) is 99.0 cm³/mol. The lowest BCUT2D eigenvalue weighted by Gasteiger charge is -2.34. The molecular weight excluding hydrogens is 330 g/mol. The molecule has 2 aromatic rings. The SMILES string of the molecule is Cc1ccc(COc2ccccc2CN2CC[C@H](O)[C@@H](C(=O)O)C2)cc1. The molecule has 1 fully saturated rings. The molecule has 0 amide bonds. The number of rotatable bonds is 6. The van der Waals surface area contributed by atoms with Crippen LogP contribution in [0.4, 0.5) is 0 Å². The van der Waals surface area contributed by atoms with Crippen LogP contribution >= 0.6 is 0 Å². The molecule has 0 radical (unpaired) electrons. The summed E-state index contributed by atoms with van der Waals surface area (Å²) in [6.45, 7) is 4.19. The fourth-order valence-corrected chi connectivity index (χ4v) is 3.25. The van der Waals surface area contributed by atoms with E-state index in [1.807, 2.05) is 24.3 Å². The Morgan fingerprint density at radius 2 is 1.92 bits per heavy atom. The monoisotopic (exact) mass is 355 g/mol. The Morgan fingerprint density at radius 1 is 1.19 bits per heavy atom. The zero-order chi connectivity index (χ0) is 18.5. The van der Waals surface area contributed by atoms with Crippen molar-refractivity contribution >= 4 is 5.97 Å². The first-order valence-electron chi connectivity index (χ1n) is 8.92. The molecule has 138 valence electrons. The summed E-state index contributed by atoms with van der Waals surface area (Å²) >= 11 is 0. The second-order valence-electron chi connectivity index (χ2n) is 6.92. The third kappa shape index (κ3) is 4.62. The quantitative estimate of drug-likeness (QED) is 0.834. The number of likely N-dealkylation sites (tertiary alicyclic amines) is 1. The minimum atomic E-state index is -0.939. The minimum Gasteiger partial charge on any atom is -0.489 e. The molecule has 1 saturated heterocycles. The molecule has 2 N–H and O–H groups in total. The normalized spacial score (nSPS) is 20.7. The highest BCUT2D eigenvalue weighted by molar-refractivity contribution is 5.71. The van der Waals surface area contributed by atoms with Gasteiger partial charge >= 0.3 is 5.97 Å². The number of carboxylic acids is 1. The van der Waals surface area contributed by atoms with Crippen LogP contribution in [0.15, 0.2) is 48.5 Å². The Labute approximate surface area is 153 Å². The van der Waals surface area contributed by atoms with Crippen LogP contribution in [-0.4, -0.2) is 40.3 Å². The van der Waals surface area contributed by atoms with Crippen LogP contribution in [0, 0.1) is 12.8 Å². The number of carboxylic acid groups (broad SMARTS) is 1. The lowest BCUT2D eigenvalue weighted by atomic mass is 9.94. The van der Waals surface area contributed by atoms with Crippen LogP contribution < -0.4 is 4.74 Å². The van der Waals surface area contributed by atoms with E-state index in [1.165, 1.54) is 5.56 Å². The van der Waals surface area contributed by atoms with Gasteiger partial charge in [-0.3, -0.25) is 9.69 Å². The molecule has 2 atom stereocenters. The second kappa shape index (κ2) is 8.34. The highest BCUT2D eigenvalue weighted by atomic mass is 16.5. The maximum Gasteiger partial charge on any atom is 0.310 e. The van der Waals surface area contributed by atoms with Gasteiger partial charge in [0, 0.05) is 25.2 Å². The molecule has 0 aliphatic carbocycles. The number of para-hydroxylation sites is 1. The maximum atomic E-state index is 11.3. The van der Waals surface area contributed by atoms with Crippen molar-refractivity contribution in [1.29, 1.82) is 0 Å². The van der Waals surface area contributed by atoms with E-state index in [0.717, 1.165) is 16.9 Å². The summed E-state index contributed by atoms with van der Waals surface area (Å²) in [5, 5.41) is 19.1. The molecule has 0 aromatic heterocycles. The van der Waals surface area contributed by atoms with Gasteiger partial charge < -0.3 is 14.9 Å². The fraction of sp³-hybridized carbons (Fsp3) is 0.381. The molecule has 0 spiro atoms. The Hall–Kier alpha value is -2.37. The van der Waals surface area contributed by atoms with Crippen LogP contribution in [0.2, 0.25) is 0 Å². The van der Waals surface area contributed by atoms with E-state index in [9.17, 15) is 15.0 Å². The van der Waals surface area contributed by atoms with Crippen LogP contribution in [0.25, 0.3) is 0 Å². The number of aliphatic hydroxyl groups is 1.